The molecule has 20 heavy (non-hydrogen) atoms. The predicted octanol–water partition coefficient (Wildman–Crippen LogP) is 1.62. The fourth-order valence-corrected chi connectivity index (χ4v) is 1.59. The van der Waals surface area contributed by atoms with Gasteiger partial charge in [0, 0.05) is 18.0 Å². The van der Waals surface area contributed by atoms with Crippen LogP contribution in [0.2, 0.25) is 0 Å². The second-order valence-electron chi connectivity index (χ2n) is 3.93. The van der Waals surface area contributed by atoms with Gasteiger partial charge < -0.3 is 5.73 Å². The minimum absolute atomic E-state index is 0.513. The fourth-order valence-electron chi connectivity index (χ4n) is 1.59. The van der Waals surface area contributed by atoms with Crippen LogP contribution in [0.15, 0.2) is 47.8 Å². The zero-order valence-electron chi connectivity index (χ0n) is 10.4. The summed E-state index contributed by atoms with van der Waals surface area (Å²) in [6.07, 6.45) is 4.69. The van der Waals surface area contributed by atoms with Gasteiger partial charge in [-0.2, -0.15) is 10.4 Å². The first-order chi connectivity index (χ1) is 9.69. The van der Waals surface area contributed by atoms with Crippen LogP contribution in [0, 0.1) is 11.3 Å². The molecule has 6 heteroatoms. The summed E-state index contributed by atoms with van der Waals surface area (Å²) in [6, 6.07) is 10.5. The van der Waals surface area contributed by atoms with E-state index < -0.39 is 6.03 Å². The molecule has 0 spiro atoms. The van der Waals surface area contributed by atoms with Crippen molar-refractivity contribution in [1.82, 2.24) is 10.4 Å². The minimum atomic E-state index is -0.711. The highest BCUT2D eigenvalue weighted by atomic mass is 16.2. The Morgan fingerprint density at radius 2 is 2.05 bits per heavy atom. The lowest BCUT2D eigenvalue weighted by Gasteiger charge is -2.02. The lowest BCUT2D eigenvalue weighted by Crippen LogP contribution is -2.24. The van der Waals surface area contributed by atoms with Gasteiger partial charge in [-0.05, 0) is 17.2 Å². The number of urea groups is 1. The standard InChI is InChI=1S/C14H11N5O/c15-6-11-5-13(9-17-7-11)12-3-1-10(2-4-12)8-18-19-14(16)20/h1-5,7-9H,(H3,16,19,20). The van der Waals surface area contributed by atoms with E-state index in [0.717, 1.165) is 16.7 Å². The Bertz CT molecular complexity index is 685. The van der Waals surface area contributed by atoms with E-state index in [9.17, 15) is 4.79 Å². The molecular formula is C14H11N5O. The number of carbonyl (C=O) groups is 1. The van der Waals surface area contributed by atoms with Gasteiger partial charge in [-0.3, -0.25) is 4.98 Å². The van der Waals surface area contributed by atoms with Crippen LogP contribution >= 0.6 is 0 Å². The number of aromatic nitrogens is 1. The van der Waals surface area contributed by atoms with E-state index in [1.807, 2.05) is 24.3 Å². The molecule has 0 fully saturated rings. The Labute approximate surface area is 115 Å². The number of nitrogens with zero attached hydrogens (tertiary/aromatic N) is 3. The Hall–Kier alpha value is -3.20. The van der Waals surface area contributed by atoms with Gasteiger partial charge in [0.05, 0.1) is 11.8 Å². The average Bonchev–Trinajstić information content (AvgIpc) is 2.48. The number of nitrogens with two attached hydrogens (primary N) is 1. The van der Waals surface area contributed by atoms with Crippen molar-refractivity contribution in [2.75, 3.05) is 0 Å². The van der Waals surface area contributed by atoms with E-state index >= 15 is 0 Å². The van der Waals surface area contributed by atoms with Crippen molar-refractivity contribution in [3.05, 3.63) is 53.9 Å². The number of hydrogen-bond acceptors (Lipinski definition) is 4. The fraction of sp³-hybridized carbons (Fsp3) is 0. The van der Waals surface area contributed by atoms with E-state index in [0.29, 0.717) is 5.56 Å². The van der Waals surface area contributed by atoms with Gasteiger partial charge in [0.15, 0.2) is 0 Å². The molecule has 2 rings (SSSR count). The Kier molecular flexibility index (Phi) is 4.04. The summed E-state index contributed by atoms with van der Waals surface area (Å²) in [5, 5.41) is 12.5. The molecule has 0 aliphatic carbocycles. The Morgan fingerprint density at radius 3 is 2.70 bits per heavy atom. The van der Waals surface area contributed by atoms with Gasteiger partial charge in [0.25, 0.3) is 0 Å². The lowest BCUT2D eigenvalue weighted by molar-refractivity contribution is 0.249. The second-order valence-corrected chi connectivity index (χ2v) is 3.93. The Balaban J connectivity index is 2.17. The number of hydrogen-bond donors (Lipinski definition) is 2. The maximum atomic E-state index is 10.5. The monoisotopic (exact) mass is 265 g/mol. The van der Waals surface area contributed by atoms with E-state index in [1.54, 1.807) is 12.3 Å². The molecule has 1 aromatic heterocycles. The maximum Gasteiger partial charge on any atom is 0.332 e. The van der Waals surface area contributed by atoms with Crippen LogP contribution in [0.1, 0.15) is 11.1 Å². The number of nitriles is 1. The number of carbonyl (C=O) groups excluding carboxylic acids is 1. The summed E-state index contributed by atoms with van der Waals surface area (Å²) in [7, 11) is 0. The van der Waals surface area contributed by atoms with E-state index in [1.165, 1.54) is 12.4 Å². The maximum absolute atomic E-state index is 10.5. The Morgan fingerprint density at radius 1 is 1.30 bits per heavy atom. The molecule has 1 aromatic carbocycles. The molecular weight excluding hydrogens is 254 g/mol. The predicted molar refractivity (Wildman–Crippen MR) is 74.7 cm³/mol. The van der Waals surface area contributed by atoms with Crippen molar-refractivity contribution in [2.24, 2.45) is 10.8 Å². The smallest absolute Gasteiger partial charge is 0.332 e. The molecule has 6 nitrogen and oxygen atoms in total. The molecule has 0 saturated heterocycles. The van der Waals surface area contributed by atoms with Crippen LogP contribution in [0.5, 0.6) is 0 Å². The van der Waals surface area contributed by atoms with Crippen molar-refractivity contribution in [1.29, 1.82) is 5.26 Å². The number of pyridine rings is 1. The number of primary amides is 1. The molecule has 2 amide bonds. The molecule has 0 radical (unpaired) electrons. The van der Waals surface area contributed by atoms with Gasteiger partial charge in [-0.25, -0.2) is 10.2 Å². The summed E-state index contributed by atoms with van der Waals surface area (Å²) in [6.45, 7) is 0. The average molecular weight is 265 g/mol. The van der Waals surface area contributed by atoms with E-state index in [-0.39, 0.29) is 0 Å². The van der Waals surface area contributed by atoms with Crippen LogP contribution in [-0.2, 0) is 0 Å². The topological polar surface area (TPSA) is 104 Å². The van der Waals surface area contributed by atoms with Crippen LogP contribution in [0.25, 0.3) is 11.1 Å². The van der Waals surface area contributed by atoms with Crippen molar-refractivity contribution in [3.8, 4) is 17.2 Å². The number of amides is 2. The zero-order valence-corrected chi connectivity index (χ0v) is 10.4. The number of benzene rings is 1. The highest BCUT2D eigenvalue weighted by molar-refractivity contribution is 5.82. The second kappa shape index (κ2) is 6.11. The van der Waals surface area contributed by atoms with Crippen LogP contribution in [0.4, 0.5) is 4.79 Å². The number of nitrogens with one attached hydrogen (secondary N) is 1. The van der Waals surface area contributed by atoms with E-state index in [2.05, 4.69) is 21.6 Å². The van der Waals surface area contributed by atoms with Crippen molar-refractivity contribution >= 4 is 12.2 Å². The summed E-state index contributed by atoms with van der Waals surface area (Å²) in [4.78, 5) is 14.5. The van der Waals surface area contributed by atoms with Gasteiger partial charge in [0.1, 0.15) is 6.07 Å². The zero-order chi connectivity index (χ0) is 14.4. The first-order valence-electron chi connectivity index (χ1n) is 5.73. The molecule has 0 bridgehead atoms. The molecule has 1 heterocycles. The van der Waals surface area contributed by atoms with Crippen LogP contribution < -0.4 is 11.2 Å². The van der Waals surface area contributed by atoms with Crippen LogP contribution in [-0.4, -0.2) is 17.2 Å². The molecule has 0 saturated carbocycles. The van der Waals surface area contributed by atoms with Gasteiger partial charge in [-0.15, -0.1) is 0 Å². The van der Waals surface area contributed by atoms with E-state index in [4.69, 9.17) is 11.0 Å². The highest BCUT2D eigenvalue weighted by Crippen LogP contribution is 2.19. The van der Waals surface area contributed by atoms with Gasteiger partial charge >= 0.3 is 6.03 Å². The quantitative estimate of drug-likeness (QED) is 0.650. The third-order valence-electron chi connectivity index (χ3n) is 2.50. The van der Waals surface area contributed by atoms with Crippen LogP contribution in [0.3, 0.4) is 0 Å². The molecule has 3 N–H and O–H groups in total. The summed E-state index contributed by atoms with van der Waals surface area (Å²) < 4.78 is 0. The molecule has 0 aliphatic heterocycles. The molecule has 2 aromatic rings. The number of rotatable bonds is 3. The summed E-state index contributed by atoms with van der Waals surface area (Å²) in [5.74, 6) is 0. The van der Waals surface area contributed by atoms with Gasteiger partial charge in [0.2, 0.25) is 0 Å². The molecule has 98 valence electrons. The minimum Gasteiger partial charge on any atom is -0.350 e. The SMILES string of the molecule is N#Cc1cncc(-c2ccc(C=NNC(N)=O)cc2)c1. The summed E-state index contributed by atoms with van der Waals surface area (Å²) in [5.41, 5.74) is 10.1. The highest BCUT2D eigenvalue weighted by Gasteiger charge is 2.00. The first kappa shape index (κ1) is 13.2. The van der Waals surface area contributed by atoms with Crippen molar-refractivity contribution in [2.45, 2.75) is 0 Å². The largest absolute Gasteiger partial charge is 0.350 e. The molecule has 0 unspecified atom stereocenters. The number of hydrazone groups is 1. The first-order valence-corrected chi connectivity index (χ1v) is 5.73. The van der Waals surface area contributed by atoms with Crippen molar-refractivity contribution < 1.29 is 4.79 Å². The van der Waals surface area contributed by atoms with Gasteiger partial charge in [-0.1, -0.05) is 24.3 Å². The van der Waals surface area contributed by atoms with Crippen molar-refractivity contribution in [3.63, 3.8) is 0 Å². The normalized spacial score (nSPS) is 10.2. The molecule has 0 atom stereocenters. The third kappa shape index (κ3) is 3.40. The lowest BCUT2D eigenvalue weighted by atomic mass is 10.0. The third-order valence-corrected chi connectivity index (χ3v) is 2.50. The molecule has 0 aliphatic rings. The summed E-state index contributed by atoms with van der Waals surface area (Å²) >= 11 is 0.